The van der Waals surface area contributed by atoms with Gasteiger partial charge in [0.1, 0.15) is 0 Å². The summed E-state index contributed by atoms with van der Waals surface area (Å²) in [5, 5.41) is 3.07. The van der Waals surface area contributed by atoms with Crippen molar-refractivity contribution in [3.8, 4) is 0 Å². The van der Waals surface area contributed by atoms with E-state index in [0.29, 0.717) is 6.54 Å². The van der Waals surface area contributed by atoms with Crippen LogP contribution in [0.5, 0.6) is 0 Å². The minimum absolute atomic E-state index is 0.00783. The zero-order valence-electron chi connectivity index (χ0n) is 15.0. The Hall–Kier alpha value is -2.13. The van der Waals surface area contributed by atoms with Gasteiger partial charge in [-0.3, -0.25) is 4.79 Å². The Labute approximate surface area is 145 Å². The first-order valence-electron chi connectivity index (χ1n) is 8.46. The normalized spacial score (nSPS) is 14.0. The number of aryl methyl sites for hydroxylation is 1. The summed E-state index contributed by atoms with van der Waals surface area (Å²) in [6.45, 7) is 8.82. The van der Waals surface area contributed by atoms with Gasteiger partial charge in [0.15, 0.2) is 0 Å². The third-order valence-corrected chi connectivity index (χ3v) is 4.67. The lowest BCUT2D eigenvalue weighted by Crippen LogP contribution is -2.41. The molecule has 1 amide bonds. The molecule has 0 aromatic heterocycles. The summed E-state index contributed by atoms with van der Waals surface area (Å²) in [5.41, 5.74) is 9.56. The van der Waals surface area contributed by atoms with E-state index in [9.17, 15) is 4.79 Å². The third kappa shape index (κ3) is 4.45. The van der Waals surface area contributed by atoms with Crippen molar-refractivity contribution in [2.24, 2.45) is 11.7 Å². The smallest absolute Gasteiger partial charge is 0.224 e. The number of amides is 1. The van der Waals surface area contributed by atoms with Gasteiger partial charge in [-0.2, -0.15) is 0 Å². The van der Waals surface area contributed by atoms with E-state index in [0.717, 1.165) is 5.56 Å². The van der Waals surface area contributed by atoms with Crippen LogP contribution >= 0.6 is 0 Å². The molecule has 0 aliphatic carbocycles. The molecule has 3 N–H and O–H groups in total. The average molecular weight is 324 g/mol. The number of rotatable bonds is 6. The molecule has 0 heterocycles. The number of nitrogens with two attached hydrogens (primary N) is 1. The SMILES string of the molecule is Cc1ccc(C(C)(C)CNC(=O)C(C)C(N)c2ccccc2)cc1. The van der Waals surface area contributed by atoms with Crippen molar-refractivity contribution in [1.82, 2.24) is 5.32 Å². The lowest BCUT2D eigenvalue weighted by atomic mass is 9.84. The number of hydrogen-bond acceptors (Lipinski definition) is 2. The molecule has 2 aromatic rings. The highest BCUT2D eigenvalue weighted by Gasteiger charge is 2.25. The summed E-state index contributed by atoms with van der Waals surface area (Å²) in [7, 11) is 0. The molecule has 3 heteroatoms. The number of nitrogens with one attached hydrogen (secondary N) is 1. The van der Waals surface area contributed by atoms with E-state index in [1.165, 1.54) is 11.1 Å². The van der Waals surface area contributed by atoms with Crippen molar-refractivity contribution in [2.75, 3.05) is 6.54 Å². The standard InChI is InChI=1S/C21H28N2O/c1-15-10-12-18(13-11-15)21(3,4)14-23-20(24)16(2)19(22)17-8-6-5-7-9-17/h5-13,16,19H,14,22H2,1-4H3,(H,23,24). The average Bonchev–Trinajstić information content (AvgIpc) is 2.59. The number of carbonyl (C=O) groups is 1. The van der Waals surface area contributed by atoms with E-state index in [1.54, 1.807) is 0 Å². The topological polar surface area (TPSA) is 55.1 Å². The minimum atomic E-state index is -0.298. The Morgan fingerprint density at radius 1 is 1.08 bits per heavy atom. The molecule has 3 nitrogen and oxygen atoms in total. The molecule has 24 heavy (non-hydrogen) atoms. The maximum absolute atomic E-state index is 12.5. The molecule has 0 bridgehead atoms. The Morgan fingerprint density at radius 2 is 1.67 bits per heavy atom. The highest BCUT2D eigenvalue weighted by atomic mass is 16.1. The second kappa shape index (κ2) is 7.63. The van der Waals surface area contributed by atoms with Gasteiger partial charge in [-0.05, 0) is 18.1 Å². The molecule has 2 atom stereocenters. The highest BCUT2D eigenvalue weighted by molar-refractivity contribution is 5.79. The maximum atomic E-state index is 12.5. The summed E-state index contributed by atoms with van der Waals surface area (Å²) in [6.07, 6.45) is 0. The molecular formula is C21H28N2O. The van der Waals surface area contributed by atoms with Crippen LogP contribution < -0.4 is 11.1 Å². The van der Waals surface area contributed by atoms with Gasteiger partial charge in [0, 0.05) is 18.0 Å². The van der Waals surface area contributed by atoms with Crippen molar-refractivity contribution in [2.45, 2.75) is 39.2 Å². The van der Waals surface area contributed by atoms with Crippen LogP contribution in [0.25, 0.3) is 0 Å². The maximum Gasteiger partial charge on any atom is 0.224 e. The summed E-state index contributed by atoms with van der Waals surface area (Å²) >= 11 is 0. The molecule has 0 aliphatic rings. The van der Waals surface area contributed by atoms with E-state index >= 15 is 0 Å². The second-order valence-corrected chi connectivity index (χ2v) is 7.19. The van der Waals surface area contributed by atoms with Crippen molar-refractivity contribution >= 4 is 5.91 Å². The molecule has 2 unspecified atom stereocenters. The molecule has 2 rings (SSSR count). The predicted molar refractivity (Wildman–Crippen MR) is 99.7 cm³/mol. The molecule has 128 valence electrons. The number of benzene rings is 2. The Balaban J connectivity index is 1.97. The summed E-state index contributed by atoms with van der Waals surface area (Å²) < 4.78 is 0. The molecule has 0 spiro atoms. The van der Waals surface area contributed by atoms with Gasteiger partial charge in [0.2, 0.25) is 5.91 Å². The van der Waals surface area contributed by atoms with Crippen molar-refractivity contribution < 1.29 is 4.79 Å². The third-order valence-electron chi connectivity index (χ3n) is 4.67. The van der Waals surface area contributed by atoms with Gasteiger partial charge >= 0.3 is 0 Å². The summed E-state index contributed by atoms with van der Waals surface area (Å²) in [4.78, 5) is 12.5. The lowest BCUT2D eigenvalue weighted by molar-refractivity contribution is -0.125. The fourth-order valence-electron chi connectivity index (χ4n) is 2.70. The van der Waals surface area contributed by atoms with Gasteiger partial charge < -0.3 is 11.1 Å². The van der Waals surface area contributed by atoms with Crippen LogP contribution in [0.1, 0.15) is 43.5 Å². The first-order valence-corrected chi connectivity index (χ1v) is 8.46. The zero-order chi connectivity index (χ0) is 17.7. The highest BCUT2D eigenvalue weighted by Crippen LogP contribution is 2.24. The number of hydrogen-bond donors (Lipinski definition) is 2. The molecule has 0 saturated carbocycles. The summed E-state index contributed by atoms with van der Waals surface area (Å²) in [6, 6.07) is 17.9. The fourth-order valence-corrected chi connectivity index (χ4v) is 2.70. The molecule has 2 aromatic carbocycles. The summed E-state index contributed by atoms with van der Waals surface area (Å²) in [5.74, 6) is -0.284. The van der Waals surface area contributed by atoms with Gasteiger partial charge in [-0.25, -0.2) is 0 Å². The molecule has 0 aliphatic heterocycles. The van der Waals surface area contributed by atoms with Gasteiger partial charge in [0.05, 0.1) is 5.92 Å². The van der Waals surface area contributed by atoms with Crippen LogP contribution in [0, 0.1) is 12.8 Å². The van der Waals surface area contributed by atoms with E-state index in [-0.39, 0.29) is 23.3 Å². The van der Waals surface area contributed by atoms with Crippen LogP contribution in [-0.2, 0) is 10.2 Å². The van der Waals surface area contributed by atoms with Crippen molar-refractivity contribution in [3.63, 3.8) is 0 Å². The second-order valence-electron chi connectivity index (χ2n) is 7.19. The van der Waals surface area contributed by atoms with Crippen LogP contribution in [-0.4, -0.2) is 12.5 Å². The van der Waals surface area contributed by atoms with Crippen LogP contribution in [0.3, 0.4) is 0 Å². The Morgan fingerprint density at radius 3 is 2.25 bits per heavy atom. The van der Waals surface area contributed by atoms with Crippen LogP contribution in [0.4, 0.5) is 0 Å². The van der Waals surface area contributed by atoms with E-state index in [1.807, 2.05) is 37.3 Å². The quantitative estimate of drug-likeness (QED) is 0.851. The number of carbonyl (C=O) groups excluding carboxylic acids is 1. The zero-order valence-corrected chi connectivity index (χ0v) is 15.0. The molecular weight excluding hydrogens is 296 g/mol. The van der Waals surface area contributed by atoms with Crippen molar-refractivity contribution in [1.29, 1.82) is 0 Å². The van der Waals surface area contributed by atoms with Gasteiger partial charge in [-0.15, -0.1) is 0 Å². The predicted octanol–water partition coefficient (Wildman–Crippen LogP) is 3.72. The van der Waals surface area contributed by atoms with Crippen molar-refractivity contribution in [3.05, 3.63) is 71.3 Å². The van der Waals surface area contributed by atoms with Gasteiger partial charge in [0.25, 0.3) is 0 Å². The monoisotopic (exact) mass is 324 g/mol. The molecule has 0 fully saturated rings. The fraction of sp³-hybridized carbons (Fsp3) is 0.381. The first-order chi connectivity index (χ1) is 11.3. The molecule has 0 saturated heterocycles. The van der Waals surface area contributed by atoms with E-state index in [4.69, 9.17) is 5.73 Å². The lowest BCUT2D eigenvalue weighted by Gasteiger charge is -2.27. The van der Waals surface area contributed by atoms with Gasteiger partial charge in [-0.1, -0.05) is 80.9 Å². The molecule has 0 radical (unpaired) electrons. The Bertz CT molecular complexity index is 662. The largest absolute Gasteiger partial charge is 0.355 e. The minimum Gasteiger partial charge on any atom is -0.355 e. The first kappa shape index (κ1) is 18.2. The van der Waals surface area contributed by atoms with E-state index in [2.05, 4.69) is 50.4 Å². The van der Waals surface area contributed by atoms with E-state index < -0.39 is 0 Å². The van der Waals surface area contributed by atoms with Crippen LogP contribution in [0.2, 0.25) is 0 Å². The van der Waals surface area contributed by atoms with Crippen LogP contribution in [0.15, 0.2) is 54.6 Å². The Kier molecular flexibility index (Phi) is 5.79.